The molecule has 8 rings (SSSR count). The van der Waals surface area contributed by atoms with Gasteiger partial charge in [-0.15, -0.1) is 0 Å². The monoisotopic (exact) mass is 1230 g/mol. The Bertz CT molecular complexity index is 3780. The van der Waals surface area contributed by atoms with Gasteiger partial charge in [-0.1, -0.05) is 115 Å². The molecule has 3 heterocycles. The third-order valence-corrected chi connectivity index (χ3v) is 15.5. The molecule has 0 aliphatic rings. The van der Waals surface area contributed by atoms with Gasteiger partial charge in [-0.2, -0.15) is 0 Å². The lowest BCUT2D eigenvalue weighted by molar-refractivity contribution is -0.135. The summed E-state index contributed by atoms with van der Waals surface area (Å²) in [7, 11) is 0. The van der Waals surface area contributed by atoms with E-state index < -0.39 is 133 Å². The molecule has 0 saturated heterocycles. The Morgan fingerprint density at radius 1 is 0.333 bits per heavy atom. The molecular formula is C63H76N18O9. The number of carbonyl (C=O) groups is 9. The van der Waals surface area contributed by atoms with Crippen LogP contribution in [0.25, 0.3) is 32.7 Å². The molecule has 0 radical (unpaired) electrons. The highest BCUT2D eigenvalue weighted by molar-refractivity contribution is 6.00. The molecule has 0 bridgehead atoms. The number of fused-ring (bicyclic) bond motifs is 3. The summed E-state index contributed by atoms with van der Waals surface area (Å²) in [6.45, 7) is -2.05. The zero-order valence-corrected chi connectivity index (χ0v) is 49.1. The van der Waals surface area contributed by atoms with Crippen molar-refractivity contribution in [2.24, 2.45) is 40.1 Å². The molecule has 3 aromatic heterocycles. The number of H-pyrrole nitrogens is 3. The van der Waals surface area contributed by atoms with Crippen molar-refractivity contribution in [3.63, 3.8) is 0 Å². The maximum atomic E-state index is 15.3. The highest BCUT2D eigenvalue weighted by atomic mass is 16.2. The van der Waals surface area contributed by atoms with Crippen molar-refractivity contribution in [3.05, 3.63) is 180 Å². The van der Waals surface area contributed by atoms with Crippen LogP contribution >= 0.6 is 0 Å². The maximum Gasteiger partial charge on any atom is 0.244 e. The smallest absolute Gasteiger partial charge is 0.244 e. The summed E-state index contributed by atoms with van der Waals surface area (Å²) >= 11 is 0. The minimum atomic E-state index is -1.60. The van der Waals surface area contributed by atoms with Crippen LogP contribution < -0.4 is 82.7 Å². The number of aromatic amines is 3. The Balaban J connectivity index is 1.07. The predicted molar refractivity (Wildman–Crippen MR) is 339 cm³/mol. The summed E-state index contributed by atoms with van der Waals surface area (Å²) in [6.07, 6.45) is 4.64. The van der Waals surface area contributed by atoms with Crippen LogP contribution in [0.1, 0.15) is 33.7 Å². The third-order valence-electron chi connectivity index (χ3n) is 15.5. The fraction of sp³-hybridized carbons (Fsp3) is 0.286. The van der Waals surface area contributed by atoms with E-state index in [1.165, 1.54) is 0 Å². The zero-order valence-electron chi connectivity index (χ0n) is 49.1. The number of para-hydroxylation sites is 3. The standard InChI is InChI=1S/C63H76N18O9/c64-26-42(69)56(83)78-50(28-66)60(87)76-48(25-38-33-73-45-22-12-9-19-41(38)45)59(86)81-54(53(34-13-3-1-4-14-34)35-15-5-2-6-16-35)63(90)80-52(30-68)62(89)79-51(29-67)61(88)75-46(23-36-31-71-43-20-10-7-17-39(36)43)57(84)74-47(58(85)77-49(27-65)55(70)82)24-37-32-72-44-21-11-8-18-40(37)44/h1-22,31-33,42,46-54,71-73H,23-30,64-69H2,(H2,70,82)(H,74,84)(H,75,88)(H,76,87)(H,77,85)(H,78,83)(H,79,89)(H,80,90)(H,81,86)/t42?,46-,47-,48-,49?,50?,51?,52?,54?/m0/s1. The van der Waals surface area contributed by atoms with Gasteiger partial charge in [-0.3, -0.25) is 43.2 Å². The Hall–Kier alpha value is -10.3. The van der Waals surface area contributed by atoms with Gasteiger partial charge in [0.15, 0.2) is 0 Å². The molecule has 472 valence electrons. The number of hydrogen-bond donors (Lipinski definition) is 18. The van der Waals surface area contributed by atoms with Crippen LogP contribution in [0, 0.1) is 0 Å². The average molecular weight is 1230 g/mol. The Kier molecular flexibility index (Phi) is 22.7. The first-order valence-corrected chi connectivity index (χ1v) is 29.2. The number of amides is 9. The number of primary amides is 1. The molecular weight excluding hydrogens is 1150 g/mol. The van der Waals surface area contributed by atoms with E-state index in [1.54, 1.807) is 97.5 Å². The van der Waals surface area contributed by atoms with Crippen LogP contribution in [0.15, 0.2) is 152 Å². The number of aromatic nitrogens is 3. The van der Waals surface area contributed by atoms with Gasteiger partial charge < -0.3 is 97.6 Å². The third kappa shape index (κ3) is 16.3. The van der Waals surface area contributed by atoms with Crippen LogP contribution in [0.3, 0.4) is 0 Å². The number of nitrogens with one attached hydrogen (secondary N) is 11. The number of rotatable bonds is 31. The van der Waals surface area contributed by atoms with E-state index in [1.807, 2.05) is 54.6 Å². The lowest BCUT2D eigenvalue weighted by atomic mass is 9.84. The molecule has 27 nitrogen and oxygen atoms in total. The van der Waals surface area contributed by atoms with E-state index >= 15 is 9.59 Å². The van der Waals surface area contributed by atoms with E-state index in [9.17, 15) is 33.6 Å². The summed E-state index contributed by atoms with van der Waals surface area (Å²) in [5, 5.41) is 23.5. The first-order chi connectivity index (χ1) is 43.4. The normalized spacial score (nSPS) is 14.4. The molecule has 0 aliphatic heterocycles. The summed E-state index contributed by atoms with van der Waals surface area (Å²) in [4.78, 5) is 137. The second kappa shape index (κ2) is 31.1. The summed E-state index contributed by atoms with van der Waals surface area (Å²) in [6, 6.07) is 26.5. The maximum absolute atomic E-state index is 15.3. The van der Waals surface area contributed by atoms with E-state index in [2.05, 4.69) is 57.5 Å². The first kappa shape index (κ1) is 65.7. The van der Waals surface area contributed by atoms with Gasteiger partial charge in [0.2, 0.25) is 53.2 Å². The molecule has 90 heavy (non-hydrogen) atoms. The quantitative estimate of drug-likeness (QED) is 0.0213. The summed E-state index contributed by atoms with van der Waals surface area (Å²) in [5.41, 5.74) is 46.4. The van der Waals surface area contributed by atoms with Gasteiger partial charge in [0, 0.05) is 109 Å². The Labute approximate surface area is 516 Å². The molecule has 6 unspecified atom stereocenters. The number of benzene rings is 5. The van der Waals surface area contributed by atoms with Gasteiger partial charge >= 0.3 is 0 Å². The van der Waals surface area contributed by atoms with Crippen molar-refractivity contribution in [2.45, 2.75) is 79.6 Å². The van der Waals surface area contributed by atoms with Crippen LogP contribution in [0.5, 0.6) is 0 Å². The highest BCUT2D eigenvalue weighted by Crippen LogP contribution is 2.30. The molecule has 5 aromatic carbocycles. The van der Waals surface area contributed by atoms with Gasteiger partial charge in [0.05, 0.1) is 6.04 Å². The molecule has 9 amide bonds. The van der Waals surface area contributed by atoms with Gasteiger partial charge in [0.1, 0.15) is 48.3 Å². The molecule has 27 heteroatoms. The van der Waals surface area contributed by atoms with Gasteiger partial charge in [-0.05, 0) is 46.0 Å². The van der Waals surface area contributed by atoms with Crippen molar-refractivity contribution < 1.29 is 43.2 Å². The fourth-order valence-corrected chi connectivity index (χ4v) is 10.6. The lowest BCUT2D eigenvalue weighted by Gasteiger charge is -2.31. The van der Waals surface area contributed by atoms with E-state index in [4.69, 9.17) is 40.1 Å². The second-order valence-electron chi connectivity index (χ2n) is 21.6. The van der Waals surface area contributed by atoms with Gasteiger partial charge in [-0.25, -0.2) is 0 Å². The predicted octanol–water partition coefficient (Wildman–Crippen LogP) is -2.53. The van der Waals surface area contributed by atoms with Crippen molar-refractivity contribution in [1.82, 2.24) is 57.5 Å². The lowest BCUT2D eigenvalue weighted by Crippen LogP contribution is -2.63. The topological polar surface area (TPSA) is 479 Å². The van der Waals surface area contributed by atoms with Crippen molar-refractivity contribution in [1.29, 1.82) is 0 Å². The zero-order chi connectivity index (χ0) is 64.4. The Morgan fingerprint density at radius 2 is 0.622 bits per heavy atom. The van der Waals surface area contributed by atoms with Crippen LogP contribution in [0.4, 0.5) is 0 Å². The molecule has 25 N–H and O–H groups in total. The van der Waals surface area contributed by atoms with Crippen LogP contribution in [0.2, 0.25) is 0 Å². The van der Waals surface area contributed by atoms with Crippen molar-refractivity contribution in [2.75, 3.05) is 32.7 Å². The number of hydrogen-bond acceptors (Lipinski definition) is 15. The molecule has 0 aliphatic carbocycles. The highest BCUT2D eigenvalue weighted by Gasteiger charge is 2.39. The minimum absolute atomic E-state index is 0.0920. The molecule has 0 saturated carbocycles. The van der Waals surface area contributed by atoms with E-state index in [0.717, 1.165) is 32.7 Å². The molecule has 0 fully saturated rings. The van der Waals surface area contributed by atoms with Gasteiger partial charge in [0.25, 0.3) is 0 Å². The molecule has 8 aromatic rings. The minimum Gasteiger partial charge on any atom is -0.368 e. The van der Waals surface area contributed by atoms with E-state index in [0.29, 0.717) is 27.8 Å². The first-order valence-electron chi connectivity index (χ1n) is 29.2. The van der Waals surface area contributed by atoms with Crippen LogP contribution in [-0.4, -0.2) is 155 Å². The molecule has 9 atom stereocenters. The number of nitrogens with two attached hydrogens (primary N) is 7. The van der Waals surface area contributed by atoms with Crippen LogP contribution in [-0.2, 0) is 62.4 Å². The fourth-order valence-electron chi connectivity index (χ4n) is 10.6. The molecule has 0 spiro atoms. The Morgan fingerprint density at radius 3 is 0.967 bits per heavy atom. The van der Waals surface area contributed by atoms with Crippen molar-refractivity contribution in [3.8, 4) is 0 Å². The SMILES string of the molecule is NCC(N)C(=O)NC(CN)C(=O)N[C@@H](Cc1c[nH]c2ccccc12)C(=O)NC(C(=O)NC(CN)C(=O)NC(CN)C(=O)N[C@@H](Cc1c[nH]c2ccccc12)C(=O)N[C@@H](Cc1c[nH]c2ccccc12)C(=O)NC(CN)C(N)=O)C(c1ccccc1)c1ccccc1. The summed E-state index contributed by atoms with van der Waals surface area (Å²) in [5.74, 6) is -8.83. The second-order valence-corrected chi connectivity index (χ2v) is 21.6. The summed E-state index contributed by atoms with van der Waals surface area (Å²) < 4.78 is 0. The van der Waals surface area contributed by atoms with Crippen molar-refractivity contribution >= 4 is 85.9 Å². The number of carbonyl (C=O) groups excluding carboxylic acids is 9. The van der Waals surface area contributed by atoms with E-state index in [-0.39, 0.29) is 32.4 Å². The average Bonchev–Trinajstić information content (AvgIpc) is 2.16. The largest absolute Gasteiger partial charge is 0.368 e.